The van der Waals surface area contributed by atoms with Gasteiger partial charge in [0.25, 0.3) is 0 Å². The summed E-state index contributed by atoms with van der Waals surface area (Å²) in [5.74, 6) is 0.299. The van der Waals surface area contributed by atoms with Gasteiger partial charge in [-0.05, 0) is 39.7 Å². The Hall–Kier alpha value is -1.52. The van der Waals surface area contributed by atoms with Crippen molar-refractivity contribution >= 4 is 21.6 Å². The van der Waals surface area contributed by atoms with Gasteiger partial charge >= 0.3 is 0 Å². The summed E-state index contributed by atoms with van der Waals surface area (Å²) < 4.78 is 0.957. The summed E-state index contributed by atoms with van der Waals surface area (Å²) in [6.45, 7) is 5.16. The van der Waals surface area contributed by atoms with Crippen molar-refractivity contribution in [3.05, 3.63) is 58.6 Å². The van der Waals surface area contributed by atoms with E-state index in [0.29, 0.717) is 5.75 Å². The first-order valence-electron chi connectivity index (χ1n) is 7.22. The second-order valence-corrected chi connectivity index (χ2v) is 6.24. The van der Waals surface area contributed by atoms with E-state index in [-0.39, 0.29) is 0 Å². The first kappa shape index (κ1) is 14.4. The zero-order valence-electron chi connectivity index (χ0n) is 11.9. The van der Waals surface area contributed by atoms with Gasteiger partial charge in [-0.25, -0.2) is 0 Å². The lowest BCUT2D eigenvalue weighted by molar-refractivity contribution is 0.250. The van der Waals surface area contributed by atoms with Crippen LogP contribution in [-0.2, 0) is 6.54 Å². The van der Waals surface area contributed by atoms with Crippen molar-refractivity contribution in [3.8, 4) is 5.75 Å². The number of hydrogen-bond donors (Lipinski definition) is 1. The van der Waals surface area contributed by atoms with E-state index < -0.39 is 0 Å². The second kappa shape index (κ2) is 6.50. The average molecular weight is 347 g/mol. The van der Waals surface area contributed by atoms with E-state index >= 15 is 0 Å². The lowest BCUT2D eigenvalue weighted by atomic mass is 10.2. The monoisotopic (exact) mass is 346 g/mol. The van der Waals surface area contributed by atoms with E-state index in [4.69, 9.17) is 0 Å². The van der Waals surface area contributed by atoms with Crippen molar-refractivity contribution in [2.45, 2.75) is 6.54 Å². The van der Waals surface area contributed by atoms with Crippen molar-refractivity contribution in [2.24, 2.45) is 0 Å². The van der Waals surface area contributed by atoms with Crippen LogP contribution in [0.4, 0.5) is 5.69 Å². The molecule has 1 fully saturated rings. The molecular weight excluding hydrogens is 328 g/mol. The molecule has 4 heteroatoms. The fourth-order valence-corrected chi connectivity index (χ4v) is 3.36. The zero-order valence-corrected chi connectivity index (χ0v) is 13.5. The highest BCUT2D eigenvalue weighted by atomic mass is 79.9. The Morgan fingerprint density at radius 3 is 2.33 bits per heavy atom. The van der Waals surface area contributed by atoms with Gasteiger partial charge in [0, 0.05) is 37.2 Å². The lowest BCUT2D eigenvalue weighted by Gasteiger charge is -2.36. The zero-order chi connectivity index (χ0) is 14.7. The van der Waals surface area contributed by atoms with Crippen molar-refractivity contribution in [1.29, 1.82) is 0 Å². The van der Waals surface area contributed by atoms with E-state index in [1.165, 1.54) is 5.56 Å². The predicted molar refractivity (Wildman–Crippen MR) is 89.7 cm³/mol. The molecule has 1 heterocycles. The molecule has 2 aromatic carbocycles. The third-order valence-corrected chi connectivity index (χ3v) is 4.53. The molecule has 0 spiro atoms. The molecule has 21 heavy (non-hydrogen) atoms. The van der Waals surface area contributed by atoms with E-state index in [9.17, 15) is 5.11 Å². The minimum Gasteiger partial charge on any atom is -0.508 e. The average Bonchev–Trinajstić information content (AvgIpc) is 2.49. The van der Waals surface area contributed by atoms with Gasteiger partial charge < -0.3 is 10.0 Å². The van der Waals surface area contributed by atoms with Crippen LogP contribution in [0.2, 0.25) is 0 Å². The van der Waals surface area contributed by atoms with E-state index in [0.717, 1.165) is 42.9 Å². The highest BCUT2D eigenvalue weighted by Gasteiger charge is 2.18. The summed E-state index contributed by atoms with van der Waals surface area (Å²) in [5, 5.41) is 9.49. The number of anilines is 1. The minimum absolute atomic E-state index is 0.299. The number of phenolic OH excluding ortho intramolecular Hbond substituents is 1. The minimum atomic E-state index is 0.299. The van der Waals surface area contributed by atoms with Gasteiger partial charge in [-0.2, -0.15) is 0 Å². The van der Waals surface area contributed by atoms with Gasteiger partial charge in [-0.15, -0.1) is 0 Å². The van der Waals surface area contributed by atoms with Crippen molar-refractivity contribution in [1.82, 2.24) is 4.90 Å². The number of rotatable bonds is 3. The molecule has 0 atom stereocenters. The van der Waals surface area contributed by atoms with Gasteiger partial charge in [-0.3, -0.25) is 4.90 Å². The summed E-state index contributed by atoms with van der Waals surface area (Å²) in [6, 6.07) is 16.1. The molecule has 1 N–H and O–H groups in total. The Balaban J connectivity index is 1.60. The standard InChI is InChI=1S/C17H19BrN2O/c18-16-12-15(21)6-7-17(16)20-10-8-19(9-11-20)13-14-4-2-1-3-5-14/h1-7,12,21H,8-11,13H2. The quantitative estimate of drug-likeness (QED) is 0.921. The normalized spacial score (nSPS) is 16.1. The first-order valence-corrected chi connectivity index (χ1v) is 8.01. The number of nitrogens with zero attached hydrogens (tertiary/aromatic N) is 2. The maximum Gasteiger partial charge on any atom is 0.116 e. The van der Waals surface area contributed by atoms with Crippen LogP contribution >= 0.6 is 15.9 Å². The van der Waals surface area contributed by atoms with Crippen LogP contribution in [-0.4, -0.2) is 36.2 Å². The molecule has 0 radical (unpaired) electrons. The fourth-order valence-electron chi connectivity index (χ4n) is 2.74. The van der Waals surface area contributed by atoms with E-state index in [1.807, 2.05) is 6.07 Å². The number of piperazine rings is 1. The molecule has 1 aliphatic rings. The van der Waals surface area contributed by atoms with Gasteiger partial charge in [0.2, 0.25) is 0 Å². The van der Waals surface area contributed by atoms with Crippen LogP contribution < -0.4 is 4.90 Å². The van der Waals surface area contributed by atoms with Gasteiger partial charge in [0.1, 0.15) is 5.75 Å². The lowest BCUT2D eigenvalue weighted by Crippen LogP contribution is -2.46. The van der Waals surface area contributed by atoms with Crippen LogP contribution in [0.3, 0.4) is 0 Å². The topological polar surface area (TPSA) is 26.7 Å². The molecular formula is C17H19BrN2O. The highest BCUT2D eigenvalue weighted by molar-refractivity contribution is 9.10. The molecule has 2 aromatic rings. The molecule has 0 amide bonds. The smallest absolute Gasteiger partial charge is 0.116 e. The predicted octanol–water partition coefficient (Wildman–Crippen LogP) is 3.48. The van der Waals surface area contributed by atoms with E-state index in [1.54, 1.807) is 12.1 Å². The van der Waals surface area contributed by atoms with Crippen molar-refractivity contribution in [3.63, 3.8) is 0 Å². The van der Waals surface area contributed by atoms with Crippen LogP contribution in [0.15, 0.2) is 53.0 Å². The molecule has 0 aliphatic carbocycles. The number of phenols is 1. The molecule has 1 aliphatic heterocycles. The highest BCUT2D eigenvalue weighted by Crippen LogP contribution is 2.30. The van der Waals surface area contributed by atoms with Crippen molar-refractivity contribution in [2.75, 3.05) is 31.1 Å². The summed E-state index contributed by atoms with van der Waals surface area (Å²) >= 11 is 3.54. The molecule has 0 aromatic heterocycles. The largest absolute Gasteiger partial charge is 0.508 e. The van der Waals surface area contributed by atoms with Crippen LogP contribution in [0.25, 0.3) is 0 Å². The second-order valence-electron chi connectivity index (χ2n) is 5.38. The summed E-state index contributed by atoms with van der Waals surface area (Å²) in [6.07, 6.45) is 0. The Labute approximate surface area is 133 Å². The molecule has 0 unspecified atom stereocenters. The fraction of sp³-hybridized carbons (Fsp3) is 0.294. The number of benzene rings is 2. The van der Waals surface area contributed by atoms with Crippen LogP contribution in [0.1, 0.15) is 5.56 Å². The summed E-state index contributed by atoms with van der Waals surface area (Å²) in [4.78, 5) is 4.85. The first-order chi connectivity index (χ1) is 10.2. The third-order valence-electron chi connectivity index (χ3n) is 3.89. The summed E-state index contributed by atoms with van der Waals surface area (Å²) in [7, 11) is 0. The Kier molecular flexibility index (Phi) is 4.46. The number of hydrogen-bond acceptors (Lipinski definition) is 3. The number of halogens is 1. The molecule has 3 rings (SSSR count). The number of aromatic hydroxyl groups is 1. The van der Waals surface area contributed by atoms with Gasteiger partial charge in [-0.1, -0.05) is 30.3 Å². The maximum atomic E-state index is 9.49. The molecule has 0 bridgehead atoms. The Morgan fingerprint density at radius 1 is 0.952 bits per heavy atom. The van der Waals surface area contributed by atoms with Crippen LogP contribution in [0, 0.1) is 0 Å². The van der Waals surface area contributed by atoms with Gasteiger partial charge in [0.15, 0.2) is 0 Å². The Morgan fingerprint density at radius 2 is 1.67 bits per heavy atom. The maximum absolute atomic E-state index is 9.49. The molecule has 0 saturated carbocycles. The Bertz CT molecular complexity index is 595. The van der Waals surface area contributed by atoms with E-state index in [2.05, 4.69) is 56.1 Å². The molecule has 1 saturated heterocycles. The molecule has 110 valence electrons. The molecule has 3 nitrogen and oxygen atoms in total. The SMILES string of the molecule is Oc1ccc(N2CCN(Cc3ccccc3)CC2)c(Br)c1. The third kappa shape index (κ3) is 3.57. The van der Waals surface area contributed by atoms with Crippen molar-refractivity contribution < 1.29 is 5.11 Å². The van der Waals surface area contributed by atoms with Gasteiger partial charge in [0.05, 0.1) is 5.69 Å². The van der Waals surface area contributed by atoms with Crippen LogP contribution in [0.5, 0.6) is 5.75 Å². The summed E-state index contributed by atoms with van der Waals surface area (Å²) in [5.41, 5.74) is 2.53.